The zero-order chi connectivity index (χ0) is 8.97. The van der Waals surface area contributed by atoms with Crippen LogP contribution in [0.1, 0.15) is 12.5 Å². The first-order valence-corrected chi connectivity index (χ1v) is 5.22. The van der Waals surface area contributed by atoms with E-state index in [4.69, 9.17) is 0 Å². The number of rotatable bonds is 3. The van der Waals surface area contributed by atoms with Gasteiger partial charge in [0.2, 0.25) is 0 Å². The van der Waals surface area contributed by atoms with Gasteiger partial charge in [-0.25, -0.2) is 0 Å². The molecule has 0 saturated heterocycles. The van der Waals surface area contributed by atoms with Crippen LogP contribution in [0.3, 0.4) is 0 Å². The standard InChI is InChI=1S/C11H14S/c1-9(2)8-10-4-6-11(12-3)7-5-10/h4-7H,1,8H2,2-3H3. The largest absolute Gasteiger partial charge is 0.130 e. The maximum Gasteiger partial charge on any atom is 0.00693 e. The summed E-state index contributed by atoms with van der Waals surface area (Å²) in [6, 6.07) is 8.65. The fourth-order valence-corrected chi connectivity index (χ4v) is 1.50. The third-order valence-corrected chi connectivity index (χ3v) is 2.41. The van der Waals surface area contributed by atoms with E-state index in [1.807, 2.05) is 0 Å². The first-order valence-electron chi connectivity index (χ1n) is 3.99. The van der Waals surface area contributed by atoms with Crippen molar-refractivity contribution in [2.24, 2.45) is 0 Å². The normalized spacial score (nSPS) is 9.83. The molecule has 0 aliphatic carbocycles. The van der Waals surface area contributed by atoms with Crippen molar-refractivity contribution in [3.05, 3.63) is 42.0 Å². The summed E-state index contributed by atoms with van der Waals surface area (Å²) in [5.74, 6) is 0. The molecule has 0 aromatic heterocycles. The zero-order valence-electron chi connectivity index (χ0n) is 7.63. The van der Waals surface area contributed by atoms with Gasteiger partial charge in [0.1, 0.15) is 0 Å². The van der Waals surface area contributed by atoms with Crippen molar-refractivity contribution in [1.29, 1.82) is 0 Å². The number of benzene rings is 1. The molecule has 1 heteroatoms. The first kappa shape index (κ1) is 9.40. The van der Waals surface area contributed by atoms with E-state index in [9.17, 15) is 0 Å². The van der Waals surface area contributed by atoms with Gasteiger partial charge in [-0.3, -0.25) is 0 Å². The highest BCUT2D eigenvalue weighted by Crippen LogP contribution is 2.16. The van der Waals surface area contributed by atoms with Crippen LogP contribution in [0, 0.1) is 0 Å². The van der Waals surface area contributed by atoms with Gasteiger partial charge in [-0.05, 0) is 37.3 Å². The summed E-state index contributed by atoms with van der Waals surface area (Å²) < 4.78 is 0. The quantitative estimate of drug-likeness (QED) is 0.504. The third-order valence-electron chi connectivity index (χ3n) is 1.66. The van der Waals surface area contributed by atoms with E-state index < -0.39 is 0 Å². The zero-order valence-corrected chi connectivity index (χ0v) is 8.45. The first-order chi connectivity index (χ1) is 5.72. The molecule has 0 N–H and O–H groups in total. The van der Waals surface area contributed by atoms with Crippen LogP contribution < -0.4 is 0 Å². The van der Waals surface area contributed by atoms with Crippen molar-refractivity contribution >= 4 is 11.8 Å². The van der Waals surface area contributed by atoms with Crippen molar-refractivity contribution in [1.82, 2.24) is 0 Å². The van der Waals surface area contributed by atoms with Gasteiger partial charge in [-0.1, -0.05) is 24.3 Å². The Bertz CT molecular complexity index is 259. The van der Waals surface area contributed by atoms with Crippen molar-refractivity contribution in [3.63, 3.8) is 0 Å². The second-order valence-electron chi connectivity index (χ2n) is 2.98. The lowest BCUT2D eigenvalue weighted by molar-refractivity contribution is 1.15. The molecule has 0 radical (unpaired) electrons. The molecule has 0 amide bonds. The van der Waals surface area contributed by atoms with E-state index in [1.165, 1.54) is 16.0 Å². The van der Waals surface area contributed by atoms with Crippen molar-refractivity contribution in [2.75, 3.05) is 6.26 Å². The number of hydrogen-bond acceptors (Lipinski definition) is 1. The topological polar surface area (TPSA) is 0 Å². The molecule has 0 fully saturated rings. The average molecular weight is 178 g/mol. The van der Waals surface area contributed by atoms with Crippen LogP contribution in [-0.2, 0) is 6.42 Å². The maximum atomic E-state index is 3.89. The van der Waals surface area contributed by atoms with Crippen LogP contribution in [0.15, 0.2) is 41.3 Å². The Kier molecular flexibility index (Phi) is 3.42. The second-order valence-corrected chi connectivity index (χ2v) is 3.86. The van der Waals surface area contributed by atoms with Crippen LogP contribution in [-0.4, -0.2) is 6.26 Å². The SMILES string of the molecule is C=C(C)Cc1ccc(SC)cc1. The van der Waals surface area contributed by atoms with Gasteiger partial charge in [0, 0.05) is 4.90 Å². The van der Waals surface area contributed by atoms with Crippen molar-refractivity contribution in [3.8, 4) is 0 Å². The number of hydrogen-bond donors (Lipinski definition) is 0. The second kappa shape index (κ2) is 4.36. The van der Waals surface area contributed by atoms with Crippen LogP contribution in [0.5, 0.6) is 0 Å². The molecule has 12 heavy (non-hydrogen) atoms. The molecule has 64 valence electrons. The number of allylic oxidation sites excluding steroid dienone is 1. The van der Waals surface area contributed by atoms with E-state index in [0.717, 1.165) is 6.42 Å². The minimum absolute atomic E-state index is 0.995. The minimum Gasteiger partial charge on any atom is -0.130 e. The van der Waals surface area contributed by atoms with E-state index >= 15 is 0 Å². The highest BCUT2D eigenvalue weighted by Gasteiger charge is 1.93. The Morgan fingerprint density at radius 1 is 1.33 bits per heavy atom. The molecule has 1 aromatic rings. The molecule has 0 spiro atoms. The highest BCUT2D eigenvalue weighted by molar-refractivity contribution is 7.98. The molecule has 0 aliphatic heterocycles. The Morgan fingerprint density at radius 2 is 1.92 bits per heavy atom. The minimum atomic E-state index is 0.995. The number of thioether (sulfide) groups is 1. The molecule has 0 bridgehead atoms. The van der Waals surface area contributed by atoms with Crippen LogP contribution >= 0.6 is 11.8 Å². The smallest absolute Gasteiger partial charge is 0.00693 e. The molecular formula is C11H14S. The summed E-state index contributed by atoms with van der Waals surface area (Å²) in [7, 11) is 0. The van der Waals surface area contributed by atoms with Crippen LogP contribution in [0.25, 0.3) is 0 Å². The lowest BCUT2D eigenvalue weighted by atomic mass is 10.1. The summed E-state index contributed by atoms with van der Waals surface area (Å²) in [5.41, 5.74) is 2.56. The Labute approximate surface area is 78.7 Å². The van der Waals surface area contributed by atoms with Gasteiger partial charge in [0.15, 0.2) is 0 Å². The molecule has 0 nitrogen and oxygen atoms in total. The fraction of sp³-hybridized carbons (Fsp3) is 0.273. The lowest BCUT2D eigenvalue weighted by Gasteiger charge is -2.01. The van der Waals surface area contributed by atoms with Gasteiger partial charge in [-0.2, -0.15) is 0 Å². The monoisotopic (exact) mass is 178 g/mol. The van der Waals surface area contributed by atoms with Gasteiger partial charge in [0.25, 0.3) is 0 Å². The third kappa shape index (κ3) is 2.74. The fourth-order valence-electron chi connectivity index (χ4n) is 1.09. The van der Waals surface area contributed by atoms with Gasteiger partial charge in [0.05, 0.1) is 0 Å². The molecule has 0 atom stereocenters. The average Bonchev–Trinajstić information content (AvgIpc) is 2.05. The predicted octanol–water partition coefficient (Wildman–Crippen LogP) is 3.53. The van der Waals surface area contributed by atoms with Crippen molar-refractivity contribution in [2.45, 2.75) is 18.2 Å². The summed E-state index contributed by atoms with van der Waals surface area (Å²) in [6.45, 7) is 5.95. The van der Waals surface area contributed by atoms with Gasteiger partial charge < -0.3 is 0 Å². The summed E-state index contributed by atoms with van der Waals surface area (Å²) in [6.07, 6.45) is 3.09. The molecule has 1 rings (SSSR count). The summed E-state index contributed by atoms with van der Waals surface area (Å²) >= 11 is 1.77. The molecule has 0 heterocycles. The van der Waals surface area contributed by atoms with E-state index in [-0.39, 0.29) is 0 Å². The Hall–Kier alpha value is -0.690. The summed E-state index contributed by atoms with van der Waals surface area (Å²) in [4.78, 5) is 1.32. The van der Waals surface area contributed by atoms with Crippen molar-refractivity contribution < 1.29 is 0 Å². The van der Waals surface area contributed by atoms with E-state index in [2.05, 4.69) is 44.0 Å². The maximum absolute atomic E-state index is 3.89. The molecule has 0 aliphatic rings. The Morgan fingerprint density at radius 3 is 2.33 bits per heavy atom. The molecule has 0 unspecified atom stereocenters. The van der Waals surface area contributed by atoms with E-state index in [0.29, 0.717) is 0 Å². The molecule has 0 saturated carbocycles. The predicted molar refractivity (Wildman–Crippen MR) is 56.7 cm³/mol. The molecule has 1 aromatic carbocycles. The van der Waals surface area contributed by atoms with Gasteiger partial charge in [-0.15, -0.1) is 11.8 Å². The Balaban J connectivity index is 2.71. The highest BCUT2D eigenvalue weighted by atomic mass is 32.2. The van der Waals surface area contributed by atoms with E-state index in [1.54, 1.807) is 11.8 Å². The van der Waals surface area contributed by atoms with Crippen LogP contribution in [0.2, 0.25) is 0 Å². The lowest BCUT2D eigenvalue weighted by Crippen LogP contribution is -1.84. The molecular weight excluding hydrogens is 164 g/mol. The summed E-state index contributed by atoms with van der Waals surface area (Å²) in [5, 5.41) is 0. The van der Waals surface area contributed by atoms with Gasteiger partial charge >= 0.3 is 0 Å². The van der Waals surface area contributed by atoms with Crippen LogP contribution in [0.4, 0.5) is 0 Å².